The lowest BCUT2D eigenvalue weighted by atomic mass is 9.77. The molecule has 5 rings (SSSR count). The molecule has 2 amide bonds. The number of likely N-dealkylation sites (tertiary alicyclic amines) is 1. The Kier molecular flexibility index (Phi) is 5.51. The molecule has 4 heteroatoms. The molecule has 2 aromatic rings. The Morgan fingerprint density at radius 3 is 2.73 bits per heavy atom. The molecule has 0 aromatic heterocycles. The van der Waals surface area contributed by atoms with Crippen LogP contribution in [-0.2, 0) is 6.42 Å². The van der Waals surface area contributed by atoms with Gasteiger partial charge in [-0.1, -0.05) is 61.5 Å². The number of fused-ring (bicyclic) bond motifs is 4. The summed E-state index contributed by atoms with van der Waals surface area (Å²) in [5.74, 6) is 0.600. The molecule has 0 radical (unpaired) electrons. The SMILES string of the molecule is CC[C@@H](NC(=O)N1CCC[C@H]2CN3CCc4ccccc4[C@H]3C[C@H]21)c1ccccc1. The molecule has 4 atom stereocenters. The van der Waals surface area contributed by atoms with E-state index in [1.54, 1.807) is 0 Å². The zero-order valence-electron chi connectivity index (χ0n) is 18.0. The van der Waals surface area contributed by atoms with Gasteiger partial charge in [-0.15, -0.1) is 0 Å². The van der Waals surface area contributed by atoms with Gasteiger partial charge in [-0.3, -0.25) is 4.90 Å². The van der Waals surface area contributed by atoms with Crippen LogP contribution in [0.5, 0.6) is 0 Å². The lowest BCUT2D eigenvalue weighted by molar-refractivity contribution is 0.00521. The molecule has 3 heterocycles. The van der Waals surface area contributed by atoms with E-state index in [9.17, 15) is 4.79 Å². The summed E-state index contributed by atoms with van der Waals surface area (Å²) in [6.07, 6.45) is 5.49. The largest absolute Gasteiger partial charge is 0.331 e. The maximum Gasteiger partial charge on any atom is 0.318 e. The van der Waals surface area contributed by atoms with Crippen LogP contribution >= 0.6 is 0 Å². The fourth-order valence-corrected chi connectivity index (χ4v) is 5.99. The van der Waals surface area contributed by atoms with E-state index in [4.69, 9.17) is 0 Å². The highest BCUT2D eigenvalue weighted by Crippen LogP contribution is 2.42. The first-order valence-corrected chi connectivity index (χ1v) is 11.7. The van der Waals surface area contributed by atoms with Gasteiger partial charge < -0.3 is 10.2 Å². The monoisotopic (exact) mass is 403 g/mol. The van der Waals surface area contributed by atoms with Gasteiger partial charge in [0, 0.05) is 31.7 Å². The number of amides is 2. The van der Waals surface area contributed by atoms with Crippen molar-refractivity contribution in [2.75, 3.05) is 19.6 Å². The van der Waals surface area contributed by atoms with Crippen LogP contribution in [0.3, 0.4) is 0 Å². The van der Waals surface area contributed by atoms with E-state index in [-0.39, 0.29) is 12.1 Å². The van der Waals surface area contributed by atoms with Gasteiger partial charge in [0.1, 0.15) is 0 Å². The predicted molar refractivity (Wildman–Crippen MR) is 120 cm³/mol. The quantitative estimate of drug-likeness (QED) is 0.789. The Morgan fingerprint density at radius 1 is 1.10 bits per heavy atom. The number of carbonyl (C=O) groups is 1. The molecule has 0 unspecified atom stereocenters. The number of benzene rings is 2. The molecule has 30 heavy (non-hydrogen) atoms. The molecule has 2 saturated heterocycles. The van der Waals surface area contributed by atoms with Crippen LogP contribution in [0.4, 0.5) is 4.79 Å². The van der Waals surface area contributed by atoms with Crippen LogP contribution in [0.15, 0.2) is 54.6 Å². The number of nitrogens with one attached hydrogen (secondary N) is 1. The highest BCUT2D eigenvalue weighted by atomic mass is 16.2. The highest BCUT2D eigenvalue weighted by Gasteiger charge is 2.44. The van der Waals surface area contributed by atoms with Crippen LogP contribution in [0.1, 0.15) is 61.4 Å². The maximum absolute atomic E-state index is 13.4. The van der Waals surface area contributed by atoms with Gasteiger partial charge in [-0.25, -0.2) is 4.79 Å². The Hall–Kier alpha value is -2.33. The van der Waals surface area contributed by atoms with Crippen molar-refractivity contribution in [3.63, 3.8) is 0 Å². The van der Waals surface area contributed by atoms with Crippen molar-refractivity contribution in [1.29, 1.82) is 0 Å². The maximum atomic E-state index is 13.4. The smallest absolute Gasteiger partial charge is 0.318 e. The molecule has 4 nitrogen and oxygen atoms in total. The van der Waals surface area contributed by atoms with E-state index >= 15 is 0 Å². The summed E-state index contributed by atoms with van der Waals surface area (Å²) < 4.78 is 0. The molecule has 158 valence electrons. The summed E-state index contributed by atoms with van der Waals surface area (Å²) >= 11 is 0. The van der Waals surface area contributed by atoms with Crippen LogP contribution in [0.2, 0.25) is 0 Å². The number of rotatable bonds is 3. The number of carbonyl (C=O) groups excluding carboxylic acids is 1. The second-order valence-electron chi connectivity index (χ2n) is 9.18. The molecule has 0 spiro atoms. The van der Waals surface area contributed by atoms with Crippen LogP contribution in [0.25, 0.3) is 0 Å². The van der Waals surface area contributed by atoms with Gasteiger partial charge in [-0.05, 0) is 54.7 Å². The van der Waals surface area contributed by atoms with Crippen molar-refractivity contribution >= 4 is 6.03 Å². The first-order chi connectivity index (χ1) is 14.7. The summed E-state index contributed by atoms with van der Waals surface area (Å²) in [5, 5.41) is 3.35. The topological polar surface area (TPSA) is 35.6 Å². The number of hydrogen-bond donors (Lipinski definition) is 1. The molecule has 0 bridgehead atoms. The van der Waals surface area contributed by atoms with E-state index in [0.717, 1.165) is 45.3 Å². The Morgan fingerprint density at radius 2 is 1.90 bits per heavy atom. The van der Waals surface area contributed by atoms with E-state index in [1.165, 1.54) is 23.1 Å². The zero-order chi connectivity index (χ0) is 20.5. The van der Waals surface area contributed by atoms with Crippen molar-refractivity contribution < 1.29 is 4.79 Å². The van der Waals surface area contributed by atoms with Crippen molar-refractivity contribution in [3.8, 4) is 0 Å². The van der Waals surface area contributed by atoms with Gasteiger partial charge in [0.05, 0.1) is 6.04 Å². The van der Waals surface area contributed by atoms with Crippen molar-refractivity contribution in [1.82, 2.24) is 15.1 Å². The zero-order valence-corrected chi connectivity index (χ0v) is 18.0. The van der Waals surface area contributed by atoms with Crippen molar-refractivity contribution in [3.05, 3.63) is 71.3 Å². The van der Waals surface area contributed by atoms with E-state index in [1.807, 2.05) is 6.07 Å². The molecule has 3 aliphatic rings. The number of nitrogens with zero attached hydrogens (tertiary/aromatic N) is 2. The fourth-order valence-electron chi connectivity index (χ4n) is 5.99. The van der Waals surface area contributed by atoms with E-state index in [0.29, 0.717) is 18.0 Å². The Bertz CT molecular complexity index is 883. The third-order valence-electron chi connectivity index (χ3n) is 7.54. The normalized spacial score (nSPS) is 26.8. The van der Waals surface area contributed by atoms with Crippen LogP contribution in [-0.4, -0.2) is 41.5 Å². The summed E-state index contributed by atoms with van der Waals surface area (Å²) in [5.41, 5.74) is 4.18. The van der Waals surface area contributed by atoms with Gasteiger partial charge in [0.25, 0.3) is 0 Å². The predicted octanol–water partition coefficient (Wildman–Crippen LogP) is 4.93. The second-order valence-corrected chi connectivity index (χ2v) is 9.18. The molecule has 1 N–H and O–H groups in total. The average molecular weight is 404 g/mol. The van der Waals surface area contributed by atoms with Gasteiger partial charge in [0.15, 0.2) is 0 Å². The Labute approximate surface area is 180 Å². The lowest BCUT2D eigenvalue weighted by Crippen LogP contribution is -2.59. The molecule has 2 aromatic carbocycles. The Balaban J connectivity index is 1.35. The summed E-state index contributed by atoms with van der Waals surface area (Å²) in [4.78, 5) is 18.3. The van der Waals surface area contributed by atoms with Crippen molar-refractivity contribution in [2.24, 2.45) is 5.92 Å². The summed E-state index contributed by atoms with van der Waals surface area (Å²) in [6.45, 7) is 5.31. The fraction of sp³-hybridized carbons (Fsp3) is 0.500. The summed E-state index contributed by atoms with van der Waals surface area (Å²) in [7, 11) is 0. The standard InChI is InChI=1S/C26H33N3O/c1-2-23(20-10-4-3-5-11-20)27-26(30)29-15-8-12-21-18-28-16-14-19-9-6-7-13-22(19)25(28)17-24(21)29/h3-7,9-11,13,21,23-25H,2,8,12,14-18H2,1H3,(H,27,30)/t21-,23+,24+,25+/m0/s1. The minimum absolute atomic E-state index is 0.0783. The minimum Gasteiger partial charge on any atom is -0.331 e. The van der Waals surface area contributed by atoms with E-state index in [2.05, 4.69) is 70.6 Å². The van der Waals surface area contributed by atoms with Crippen LogP contribution in [0, 0.1) is 5.92 Å². The number of hydrogen-bond acceptors (Lipinski definition) is 2. The van der Waals surface area contributed by atoms with Crippen molar-refractivity contribution in [2.45, 2.75) is 57.2 Å². The van der Waals surface area contributed by atoms with Gasteiger partial charge >= 0.3 is 6.03 Å². The van der Waals surface area contributed by atoms with Gasteiger partial charge in [0.2, 0.25) is 0 Å². The lowest BCUT2D eigenvalue weighted by Gasteiger charge is -2.52. The first kappa shape index (κ1) is 19.6. The minimum atomic E-state index is 0.0783. The molecule has 3 aliphatic heterocycles. The van der Waals surface area contributed by atoms with Crippen LogP contribution < -0.4 is 5.32 Å². The van der Waals surface area contributed by atoms with Gasteiger partial charge in [-0.2, -0.15) is 0 Å². The molecular formula is C26H33N3O. The third-order valence-corrected chi connectivity index (χ3v) is 7.54. The average Bonchev–Trinajstić information content (AvgIpc) is 2.81. The number of urea groups is 1. The first-order valence-electron chi connectivity index (χ1n) is 11.7. The summed E-state index contributed by atoms with van der Waals surface area (Å²) in [6, 6.07) is 20.3. The third kappa shape index (κ3) is 3.62. The molecule has 0 saturated carbocycles. The number of piperidine rings is 2. The second kappa shape index (κ2) is 8.43. The molecular weight excluding hydrogens is 370 g/mol. The van der Waals surface area contributed by atoms with E-state index < -0.39 is 0 Å². The molecule has 0 aliphatic carbocycles. The molecule has 2 fully saturated rings. The highest BCUT2D eigenvalue weighted by molar-refractivity contribution is 5.75.